The van der Waals surface area contributed by atoms with E-state index in [1.807, 2.05) is 13.8 Å². The van der Waals surface area contributed by atoms with E-state index in [2.05, 4.69) is 17.6 Å². The molecule has 2 N–H and O–H groups in total. The lowest BCUT2D eigenvalue weighted by molar-refractivity contribution is -0.130. The normalized spacial score (nSPS) is 19.4. The molecule has 1 fully saturated rings. The van der Waals surface area contributed by atoms with E-state index in [1.54, 1.807) is 0 Å². The summed E-state index contributed by atoms with van der Waals surface area (Å²) in [5.41, 5.74) is -0.217. The van der Waals surface area contributed by atoms with Crippen molar-refractivity contribution >= 4 is 5.91 Å². The van der Waals surface area contributed by atoms with Crippen molar-refractivity contribution in [2.24, 2.45) is 5.41 Å². The molecule has 0 aromatic heterocycles. The predicted octanol–water partition coefficient (Wildman–Crippen LogP) is 1.29. The fourth-order valence-corrected chi connectivity index (χ4v) is 1.51. The lowest BCUT2D eigenvalue weighted by Crippen LogP contribution is -2.47. The lowest BCUT2D eigenvalue weighted by atomic mass is 9.88. The SMILES string of the molecule is CCC(C)(C)C(=O)NC1CCNCC1. The van der Waals surface area contributed by atoms with Crippen LogP contribution in [0.1, 0.15) is 40.0 Å². The number of piperidine rings is 1. The van der Waals surface area contributed by atoms with E-state index >= 15 is 0 Å². The zero-order chi connectivity index (χ0) is 10.6. The van der Waals surface area contributed by atoms with Crippen molar-refractivity contribution in [3.63, 3.8) is 0 Å². The summed E-state index contributed by atoms with van der Waals surface area (Å²) < 4.78 is 0. The molecule has 3 nitrogen and oxygen atoms in total. The number of hydrogen-bond acceptors (Lipinski definition) is 2. The Bertz CT molecular complexity index is 195. The van der Waals surface area contributed by atoms with Gasteiger partial charge in [-0.05, 0) is 32.4 Å². The zero-order valence-electron chi connectivity index (χ0n) is 9.52. The minimum Gasteiger partial charge on any atom is -0.353 e. The van der Waals surface area contributed by atoms with E-state index in [9.17, 15) is 4.79 Å². The number of hydrogen-bond donors (Lipinski definition) is 2. The topological polar surface area (TPSA) is 41.1 Å². The highest BCUT2D eigenvalue weighted by Gasteiger charge is 2.27. The number of carbonyl (C=O) groups is 1. The Labute approximate surface area is 86.6 Å². The van der Waals surface area contributed by atoms with Crippen molar-refractivity contribution in [2.75, 3.05) is 13.1 Å². The Hall–Kier alpha value is -0.570. The fourth-order valence-electron chi connectivity index (χ4n) is 1.51. The van der Waals surface area contributed by atoms with Gasteiger partial charge < -0.3 is 10.6 Å². The number of rotatable bonds is 3. The Balaban J connectivity index is 2.39. The highest BCUT2D eigenvalue weighted by molar-refractivity contribution is 5.81. The van der Waals surface area contributed by atoms with Crippen molar-refractivity contribution in [1.29, 1.82) is 0 Å². The number of carbonyl (C=O) groups excluding carboxylic acids is 1. The molecule has 1 saturated heterocycles. The Kier molecular flexibility index (Phi) is 3.93. The molecule has 0 aliphatic carbocycles. The molecule has 0 saturated carbocycles. The molecule has 1 rings (SSSR count). The first-order valence-electron chi connectivity index (χ1n) is 5.58. The number of amides is 1. The maximum atomic E-state index is 11.8. The summed E-state index contributed by atoms with van der Waals surface area (Å²) in [4.78, 5) is 11.8. The van der Waals surface area contributed by atoms with E-state index in [4.69, 9.17) is 0 Å². The second kappa shape index (κ2) is 4.78. The molecule has 0 aromatic rings. The van der Waals surface area contributed by atoms with Gasteiger partial charge in [0.15, 0.2) is 0 Å². The van der Waals surface area contributed by atoms with Gasteiger partial charge in [-0.1, -0.05) is 20.8 Å². The van der Waals surface area contributed by atoms with Crippen LogP contribution in [0.25, 0.3) is 0 Å². The predicted molar refractivity (Wildman–Crippen MR) is 58.1 cm³/mol. The van der Waals surface area contributed by atoms with Crippen LogP contribution in [0.15, 0.2) is 0 Å². The van der Waals surface area contributed by atoms with Crippen LogP contribution >= 0.6 is 0 Å². The van der Waals surface area contributed by atoms with Gasteiger partial charge in [-0.25, -0.2) is 0 Å². The van der Waals surface area contributed by atoms with E-state index in [1.165, 1.54) is 0 Å². The van der Waals surface area contributed by atoms with Crippen LogP contribution in [-0.2, 0) is 4.79 Å². The Morgan fingerprint density at radius 3 is 2.50 bits per heavy atom. The second-order valence-electron chi connectivity index (χ2n) is 4.74. The summed E-state index contributed by atoms with van der Waals surface area (Å²) in [5, 5.41) is 6.42. The van der Waals surface area contributed by atoms with Crippen LogP contribution in [0.3, 0.4) is 0 Å². The molecule has 1 heterocycles. The number of nitrogens with one attached hydrogen (secondary N) is 2. The molecule has 1 aliphatic rings. The lowest BCUT2D eigenvalue weighted by Gasteiger charge is -2.28. The Morgan fingerprint density at radius 2 is 2.00 bits per heavy atom. The summed E-state index contributed by atoms with van der Waals surface area (Å²) in [5.74, 6) is 0.201. The third kappa shape index (κ3) is 2.98. The van der Waals surface area contributed by atoms with Gasteiger partial charge in [0.05, 0.1) is 0 Å². The molecule has 82 valence electrons. The van der Waals surface area contributed by atoms with E-state index in [0.717, 1.165) is 32.4 Å². The van der Waals surface area contributed by atoms with Crippen LogP contribution in [0.4, 0.5) is 0 Å². The fraction of sp³-hybridized carbons (Fsp3) is 0.909. The molecule has 14 heavy (non-hydrogen) atoms. The average Bonchev–Trinajstić information content (AvgIpc) is 2.19. The van der Waals surface area contributed by atoms with Gasteiger partial charge in [-0.2, -0.15) is 0 Å². The summed E-state index contributed by atoms with van der Waals surface area (Å²) in [6.07, 6.45) is 3.01. The molecule has 0 atom stereocenters. The van der Waals surface area contributed by atoms with Crippen LogP contribution in [0, 0.1) is 5.41 Å². The molecule has 3 heteroatoms. The first-order valence-corrected chi connectivity index (χ1v) is 5.58. The Morgan fingerprint density at radius 1 is 1.43 bits per heavy atom. The van der Waals surface area contributed by atoms with Gasteiger partial charge in [-0.3, -0.25) is 4.79 Å². The van der Waals surface area contributed by atoms with Gasteiger partial charge in [0.1, 0.15) is 0 Å². The minimum atomic E-state index is -0.217. The van der Waals surface area contributed by atoms with E-state index < -0.39 is 0 Å². The molecule has 0 aromatic carbocycles. The maximum absolute atomic E-state index is 11.8. The monoisotopic (exact) mass is 198 g/mol. The van der Waals surface area contributed by atoms with Crippen molar-refractivity contribution < 1.29 is 4.79 Å². The van der Waals surface area contributed by atoms with Crippen molar-refractivity contribution in [2.45, 2.75) is 46.1 Å². The maximum Gasteiger partial charge on any atom is 0.225 e. The van der Waals surface area contributed by atoms with Crippen molar-refractivity contribution in [3.8, 4) is 0 Å². The third-order valence-corrected chi connectivity index (χ3v) is 3.17. The minimum absolute atomic E-state index is 0.201. The van der Waals surface area contributed by atoms with Gasteiger partial charge >= 0.3 is 0 Å². The summed E-state index contributed by atoms with van der Waals surface area (Å²) in [7, 11) is 0. The highest BCUT2D eigenvalue weighted by Crippen LogP contribution is 2.20. The largest absolute Gasteiger partial charge is 0.353 e. The van der Waals surface area contributed by atoms with E-state index in [-0.39, 0.29) is 11.3 Å². The molecular weight excluding hydrogens is 176 g/mol. The summed E-state index contributed by atoms with van der Waals surface area (Å²) >= 11 is 0. The third-order valence-electron chi connectivity index (χ3n) is 3.17. The first-order chi connectivity index (χ1) is 6.56. The van der Waals surface area contributed by atoms with Crippen LogP contribution in [-0.4, -0.2) is 25.0 Å². The summed E-state index contributed by atoms with van der Waals surface area (Å²) in [6, 6.07) is 0.384. The first kappa shape index (κ1) is 11.5. The van der Waals surface area contributed by atoms with Gasteiger partial charge in [0.2, 0.25) is 5.91 Å². The van der Waals surface area contributed by atoms with Gasteiger partial charge in [0.25, 0.3) is 0 Å². The highest BCUT2D eigenvalue weighted by atomic mass is 16.2. The quantitative estimate of drug-likeness (QED) is 0.717. The van der Waals surface area contributed by atoms with Crippen LogP contribution in [0.2, 0.25) is 0 Å². The molecule has 0 spiro atoms. The summed E-state index contributed by atoms with van der Waals surface area (Å²) in [6.45, 7) is 8.11. The van der Waals surface area contributed by atoms with Crippen molar-refractivity contribution in [1.82, 2.24) is 10.6 Å². The average molecular weight is 198 g/mol. The molecule has 0 radical (unpaired) electrons. The molecule has 0 unspecified atom stereocenters. The smallest absolute Gasteiger partial charge is 0.225 e. The standard InChI is InChI=1S/C11H22N2O/c1-4-11(2,3)10(14)13-9-5-7-12-8-6-9/h9,12H,4-8H2,1-3H3,(H,13,14). The molecule has 1 aliphatic heterocycles. The van der Waals surface area contributed by atoms with Crippen molar-refractivity contribution in [3.05, 3.63) is 0 Å². The van der Waals surface area contributed by atoms with Crippen LogP contribution in [0.5, 0.6) is 0 Å². The molecule has 1 amide bonds. The van der Waals surface area contributed by atoms with E-state index in [0.29, 0.717) is 6.04 Å². The zero-order valence-corrected chi connectivity index (χ0v) is 9.52. The second-order valence-corrected chi connectivity index (χ2v) is 4.74. The molecule has 0 bridgehead atoms. The van der Waals surface area contributed by atoms with Gasteiger partial charge in [-0.15, -0.1) is 0 Å². The molecular formula is C11H22N2O. The van der Waals surface area contributed by atoms with Gasteiger partial charge in [0, 0.05) is 11.5 Å². The van der Waals surface area contributed by atoms with Crippen LogP contribution < -0.4 is 10.6 Å².